The van der Waals surface area contributed by atoms with Gasteiger partial charge in [0.2, 0.25) is 0 Å². The van der Waals surface area contributed by atoms with Crippen molar-refractivity contribution in [2.24, 2.45) is 5.73 Å². The second kappa shape index (κ2) is 5.74. The van der Waals surface area contributed by atoms with Gasteiger partial charge in [-0.1, -0.05) is 12.1 Å². The number of hydrogen-bond acceptors (Lipinski definition) is 2. The van der Waals surface area contributed by atoms with Gasteiger partial charge in [-0.05, 0) is 38.1 Å². The molecule has 0 fully saturated rings. The third-order valence-corrected chi connectivity index (χ3v) is 3.01. The lowest BCUT2D eigenvalue weighted by Gasteiger charge is -2.14. The predicted molar refractivity (Wildman–Crippen MR) is 74.8 cm³/mol. The van der Waals surface area contributed by atoms with E-state index in [1.165, 1.54) is 11.4 Å². The van der Waals surface area contributed by atoms with Crippen LogP contribution in [0.1, 0.15) is 12.6 Å². The number of benzene rings is 1. The third-order valence-electron chi connectivity index (χ3n) is 3.01. The Morgan fingerprint density at radius 3 is 2.67 bits per heavy atom. The van der Waals surface area contributed by atoms with Gasteiger partial charge >= 0.3 is 0 Å². The van der Waals surface area contributed by atoms with Crippen LogP contribution in [0.5, 0.6) is 5.75 Å². The maximum Gasteiger partial charge on any atom is 0.128 e. The fourth-order valence-electron chi connectivity index (χ4n) is 2.19. The van der Waals surface area contributed by atoms with E-state index in [-0.39, 0.29) is 0 Å². The molecule has 96 valence electrons. The quantitative estimate of drug-likeness (QED) is 0.878. The molecular formula is C15H20N2O. The first-order valence-electron chi connectivity index (χ1n) is 6.36. The monoisotopic (exact) mass is 244 g/mol. The van der Waals surface area contributed by atoms with E-state index < -0.39 is 0 Å². The van der Waals surface area contributed by atoms with E-state index in [4.69, 9.17) is 10.5 Å². The molecule has 0 spiro atoms. The summed E-state index contributed by atoms with van der Waals surface area (Å²) in [6.45, 7) is 6.24. The average molecular weight is 244 g/mol. The molecule has 2 rings (SSSR count). The summed E-state index contributed by atoms with van der Waals surface area (Å²) in [5, 5.41) is 0. The molecule has 0 atom stereocenters. The molecule has 0 saturated heterocycles. The van der Waals surface area contributed by atoms with Gasteiger partial charge in [-0.2, -0.15) is 0 Å². The van der Waals surface area contributed by atoms with Crippen LogP contribution in [-0.4, -0.2) is 17.7 Å². The van der Waals surface area contributed by atoms with Gasteiger partial charge in [-0.3, -0.25) is 0 Å². The van der Waals surface area contributed by atoms with Crippen LogP contribution in [0.4, 0.5) is 0 Å². The van der Waals surface area contributed by atoms with Crippen LogP contribution in [-0.2, 0) is 6.54 Å². The van der Waals surface area contributed by atoms with Crippen molar-refractivity contribution < 1.29 is 4.74 Å². The summed E-state index contributed by atoms with van der Waals surface area (Å²) in [7, 11) is 0. The first-order valence-corrected chi connectivity index (χ1v) is 6.36. The Labute approximate surface area is 108 Å². The molecule has 0 saturated carbocycles. The number of hydrogen-bond donors (Lipinski definition) is 1. The van der Waals surface area contributed by atoms with Gasteiger partial charge in [0, 0.05) is 24.3 Å². The van der Waals surface area contributed by atoms with Crippen molar-refractivity contribution in [3.05, 3.63) is 42.1 Å². The number of nitrogens with two attached hydrogens (primary N) is 1. The number of rotatable bonds is 5. The molecule has 0 unspecified atom stereocenters. The lowest BCUT2D eigenvalue weighted by molar-refractivity contribution is 0.341. The first-order chi connectivity index (χ1) is 8.77. The highest BCUT2D eigenvalue weighted by Crippen LogP contribution is 2.31. The summed E-state index contributed by atoms with van der Waals surface area (Å²) in [4.78, 5) is 0. The van der Waals surface area contributed by atoms with Crippen molar-refractivity contribution in [1.29, 1.82) is 0 Å². The Morgan fingerprint density at radius 1 is 1.17 bits per heavy atom. The molecule has 1 aromatic heterocycles. The zero-order chi connectivity index (χ0) is 13.0. The van der Waals surface area contributed by atoms with Gasteiger partial charge in [0.15, 0.2) is 0 Å². The molecule has 1 heterocycles. The van der Waals surface area contributed by atoms with E-state index in [1.807, 2.05) is 25.1 Å². The van der Waals surface area contributed by atoms with Crippen molar-refractivity contribution in [3.8, 4) is 17.0 Å². The Balaban J connectivity index is 2.48. The van der Waals surface area contributed by atoms with E-state index in [0.29, 0.717) is 13.2 Å². The molecular weight excluding hydrogens is 224 g/mol. The second-order valence-corrected chi connectivity index (χ2v) is 4.23. The normalized spacial score (nSPS) is 10.6. The van der Waals surface area contributed by atoms with Crippen LogP contribution < -0.4 is 10.5 Å². The molecule has 1 aromatic carbocycles. The van der Waals surface area contributed by atoms with Gasteiger partial charge in [0.25, 0.3) is 0 Å². The topological polar surface area (TPSA) is 40.2 Å². The lowest BCUT2D eigenvalue weighted by Crippen LogP contribution is -2.12. The standard InChI is InChI=1S/C15H20N2O/c1-3-18-15-7-5-4-6-13(15)14-9-8-12(2)17(14)11-10-16/h4-9H,3,10-11,16H2,1-2H3. The number of aromatic nitrogens is 1. The summed E-state index contributed by atoms with van der Waals surface area (Å²) in [5.74, 6) is 0.927. The molecule has 0 amide bonds. The van der Waals surface area contributed by atoms with E-state index in [0.717, 1.165) is 17.9 Å². The summed E-state index contributed by atoms with van der Waals surface area (Å²) >= 11 is 0. The molecule has 0 aliphatic rings. The average Bonchev–Trinajstić information content (AvgIpc) is 2.73. The van der Waals surface area contributed by atoms with E-state index in [2.05, 4.69) is 29.7 Å². The second-order valence-electron chi connectivity index (χ2n) is 4.23. The highest BCUT2D eigenvalue weighted by molar-refractivity contribution is 5.68. The maximum atomic E-state index is 5.69. The van der Waals surface area contributed by atoms with Crippen molar-refractivity contribution in [2.75, 3.05) is 13.2 Å². The van der Waals surface area contributed by atoms with Crippen LogP contribution in [0.15, 0.2) is 36.4 Å². The molecule has 2 aromatic rings. The Bertz CT molecular complexity index is 517. The van der Waals surface area contributed by atoms with Gasteiger partial charge in [0.05, 0.1) is 12.3 Å². The maximum absolute atomic E-state index is 5.69. The van der Waals surface area contributed by atoms with Gasteiger partial charge < -0.3 is 15.0 Å². The van der Waals surface area contributed by atoms with E-state index in [1.54, 1.807) is 0 Å². The summed E-state index contributed by atoms with van der Waals surface area (Å²) in [5.41, 5.74) is 9.20. The zero-order valence-corrected chi connectivity index (χ0v) is 11.0. The zero-order valence-electron chi connectivity index (χ0n) is 11.0. The molecule has 18 heavy (non-hydrogen) atoms. The minimum absolute atomic E-state index is 0.638. The summed E-state index contributed by atoms with van der Waals surface area (Å²) in [6, 6.07) is 12.4. The van der Waals surface area contributed by atoms with Crippen molar-refractivity contribution >= 4 is 0 Å². The number of nitrogens with zero attached hydrogens (tertiary/aromatic N) is 1. The van der Waals surface area contributed by atoms with E-state index >= 15 is 0 Å². The lowest BCUT2D eigenvalue weighted by atomic mass is 10.1. The van der Waals surface area contributed by atoms with Gasteiger partial charge in [0.1, 0.15) is 5.75 Å². The molecule has 2 N–H and O–H groups in total. The van der Waals surface area contributed by atoms with E-state index in [9.17, 15) is 0 Å². The number of aryl methyl sites for hydroxylation is 1. The molecule has 0 aliphatic carbocycles. The van der Waals surface area contributed by atoms with Crippen LogP contribution in [0.2, 0.25) is 0 Å². The minimum Gasteiger partial charge on any atom is -0.493 e. The molecule has 0 aliphatic heterocycles. The van der Waals surface area contributed by atoms with Gasteiger partial charge in [-0.25, -0.2) is 0 Å². The molecule has 3 nitrogen and oxygen atoms in total. The van der Waals surface area contributed by atoms with Crippen molar-refractivity contribution in [3.63, 3.8) is 0 Å². The smallest absolute Gasteiger partial charge is 0.128 e. The third kappa shape index (κ3) is 2.41. The fourth-order valence-corrected chi connectivity index (χ4v) is 2.19. The van der Waals surface area contributed by atoms with Gasteiger partial charge in [-0.15, -0.1) is 0 Å². The summed E-state index contributed by atoms with van der Waals surface area (Å²) < 4.78 is 7.92. The highest BCUT2D eigenvalue weighted by Gasteiger charge is 2.11. The van der Waals surface area contributed by atoms with Crippen LogP contribution in [0.25, 0.3) is 11.3 Å². The largest absolute Gasteiger partial charge is 0.493 e. The van der Waals surface area contributed by atoms with Crippen molar-refractivity contribution in [1.82, 2.24) is 4.57 Å². The van der Waals surface area contributed by atoms with Crippen LogP contribution in [0, 0.1) is 6.92 Å². The van der Waals surface area contributed by atoms with Crippen LogP contribution in [0.3, 0.4) is 0 Å². The highest BCUT2D eigenvalue weighted by atomic mass is 16.5. The minimum atomic E-state index is 0.638. The predicted octanol–water partition coefficient (Wildman–Crippen LogP) is 2.82. The first kappa shape index (κ1) is 12.7. The Hall–Kier alpha value is -1.74. The molecule has 0 bridgehead atoms. The molecule has 0 radical (unpaired) electrons. The SMILES string of the molecule is CCOc1ccccc1-c1ccc(C)n1CCN. The Kier molecular flexibility index (Phi) is 4.05. The number of para-hydroxylation sites is 1. The van der Waals surface area contributed by atoms with Crippen molar-refractivity contribution in [2.45, 2.75) is 20.4 Å². The Morgan fingerprint density at radius 2 is 1.94 bits per heavy atom. The number of ether oxygens (including phenoxy) is 1. The fraction of sp³-hybridized carbons (Fsp3) is 0.333. The summed E-state index contributed by atoms with van der Waals surface area (Å²) in [6.07, 6.45) is 0. The molecule has 3 heteroatoms. The van der Waals surface area contributed by atoms with Crippen LogP contribution >= 0.6 is 0 Å².